The van der Waals surface area contributed by atoms with E-state index < -0.39 is 0 Å². The number of aryl methyl sites for hydroxylation is 1. The van der Waals surface area contributed by atoms with Crippen LogP contribution in [-0.4, -0.2) is 30.7 Å². The standard InChI is InChI=1S/C10H15IN2O2/c1-3-13-7-8(11)6-9(13)10(14)12-4-5-15-2/h6-7H,3-5H2,1-2H3,(H,12,14). The summed E-state index contributed by atoms with van der Waals surface area (Å²) >= 11 is 2.20. The van der Waals surface area contributed by atoms with Crippen LogP contribution in [0.1, 0.15) is 17.4 Å². The fourth-order valence-electron chi connectivity index (χ4n) is 1.28. The van der Waals surface area contributed by atoms with Gasteiger partial charge in [-0.2, -0.15) is 0 Å². The molecule has 0 aliphatic heterocycles. The summed E-state index contributed by atoms with van der Waals surface area (Å²) in [5, 5.41) is 2.80. The van der Waals surface area contributed by atoms with Crippen LogP contribution in [0, 0.1) is 3.57 Å². The number of carbonyl (C=O) groups is 1. The van der Waals surface area contributed by atoms with Crippen molar-refractivity contribution in [3.8, 4) is 0 Å². The van der Waals surface area contributed by atoms with E-state index in [1.165, 1.54) is 0 Å². The van der Waals surface area contributed by atoms with E-state index in [-0.39, 0.29) is 5.91 Å². The largest absolute Gasteiger partial charge is 0.383 e. The first kappa shape index (κ1) is 12.5. The number of nitrogens with one attached hydrogen (secondary N) is 1. The Labute approximate surface area is 103 Å². The van der Waals surface area contributed by atoms with Gasteiger partial charge in [-0.3, -0.25) is 4.79 Å². The summed E-state index contributed by atoms with van der Waals surface area (Å²) in [6.45, 7) is 3.90. The Balaban J connectivity index is 2.64. The van der Waals surface area contributed by atoms with Crippen molar-refractivity contribution >= 4 is 28.5 Å². The number of ether oxygens (including phenoxy) is 1. The number of nitrogens with zero attached hydrogens (tertiary/aromatic N) is 1. The molecule has 0 aliphatic carbocycles. The number of aromatic nitrogens is 1. The number of carbonyl (C=O) groups excluding carboxylic acids is 1. The van der Waals surface area contributed by atoms with Crippen molar-refractivity contribution in [1.82, 2.24) is 9.88 Å². The van der Waals surface area contributed by atoms with Crippen molar-refractivity contribution in [2.75, 3.05) is 20.3 Å². The number of methoxy groups -OCH3 is 1. The van der Waals surface area contributed by atoms with Gasteiger partial charge in [-0.25, -0.2) is 0 Å². The zero-order valence-corrected chi connectivity index (χ0v) is 11.1. The van der Waals surface area contributed by atoms with Crippen LogP contribution in [0.15, 0.2) is 12.3 Å². The molecule has 1 N–H and O–H groups in total. The fraction of sp³-hybridized carbons (Fsp3) is 0.500. The number of rotatable bonds is 5. The molecule has 0 radical (unpaired) electrons. The quantitative estimate of drug-likeness (QED) is 0.659. The second kappa shape index (κ2) is 6.12. The second-order valence-corrected chi connectivity index (χ2v) is 4.32. The van der Waals surface area contributed by atoms with Gasteiger partial charge in [0.1, 0.15) is 5.69 Å². The molecule has 5 heteroatoms. The van der Waals surface area contributed by atoms with Crippen molar-refractivity contribution in [3.05, 3.63) is 21.5 Å². The van der Waals surface area contributed by atoms with Crippen molar-refractivity contribution < 1.29 is 9.53 Å². The summed E-state index contributed by atoms with van der Waals surface area (Å²) in [5.41, 5.74) is 0.706. The van der Waals surface area contributed by atoms with Gasteiger partial charge in [0.05, 0.1) is 6.61 Å². The number of hydrogen-bond acceptors (Lipinski definition) is 2. The minimum atomic E-state index is -0.0446. The van der Waals surface area contributed by atoms with Gasteiger partial charge in [-0.15, -0.1) is 0 Å². The third-order valence-corrected chi connectivity index (χ3v) is 2.62. The summed E-state index contributed by atoms with van der Waals surface area (Å²) < 4.78 is 7.88. The first-order valence-corrected chi connectivity index (χ1v) is 5.89. The molecule has 4 nitrogen and oxygen atoms in total. The summed E-state index contributed by atoms with van der Waals surface area (Å²) in [6.07, 6.45) is 1.96. The number of amides is 1. The Kier molecular flexibility index (Phi) is 5.10. The molecule has 1 rings (SSSR count). The highest BCUT2D eigenvalue weighted by molar-refractivity contribution is 14.1. The molecule has 0 spiro atoms. The van der Waals surface area contributed by atoms with Crippen LogP contribution in [0.2, 0.25) is 0 Å². The van der Waals surface area contributed by atoms with Gasteiger partial charge in [0, 0.05) is 30.0 Å². The molecular formula is C10H15IN2O2. The summed E-state index contributed by atoms with van der Waals surface area (Å²) in [7, 11) is 1.61. The third-order valence-electron chi connectivity index (χ3n) is 2.03. The molecule has 0 aliphatic rings. The van der Waals surface area contributed by atoms with Gasteiger partial charge in [0.25, 0.3) is 5.91 Å². The summed E-state index contributed by atoms with van der Waals surface area (Å²) in [6, 6.07) is 1.88. The molecule has 1 aromatic heterocycles. The molecule has 0 atom stereocenters. The van der Waals surface area contributed by atoms with E-state index >= 15 is 0 Å². The molecule has 0 aromatic carbocycles. The summed E-state index contributed by atoms with van der Waals surface area (Å²) in [5.74, 6) is -0.0446. The van der Waals surface area contributed by atoms with Crippen LogP contribution in [-0.2, 0) is 11.3 Å². The number of hydrogen-bond donors (Lipinski definition) is 1. The average Bonchev–Trinajstić information content (AvgIpc) is 2.60. The van der Waals surface area contributed by atoms with Crippen LogP contribution in [0.3, 0.4) is 0 Å². The Morgan fingerprint density at radius 3 is 3.00 bits per heavy atom. The van der Waals surface area contributed by atoms with E-state index in [1.54, 1.807) is 7.11 Å². The van der Waals surface area contributed by atoms with Gasteiger partial charge in [-0.05, 0) is 35.6 Å². The Bertz CT molecular complexity index is 336. The minimum Gasteiger partial charge on any atom is -0.383 e. The minimum absolute atomic E-state index is 0.0446. The van der Waals surface area contributed by atoms with Crippen molar-refractivity contribution in [2.45, 2.75) is 13.5 Å². The lowest BCUT2D eigenvalue weighted by atomic mass is 10.4. The molecule has 0 bridgehead atoms. The van der Waals surface area contributed by atoms with E-state index in [0.29, 0.717) is 18.8 Å². The predicted octanol–water partition coefficient (Wildman–Crippen LogP) is 1.49. The lowest BCUT2D eigenvalue weighted by molar-refractivity contribution is 0.0928. The monoisotopic (exact) mass is 322 g/mol. The van der Waals surface area contributed by atoms with E-state index in [0.717, 1.165) is 10.1 Å². The molecule has 1 heterocycles. The molecular weight excluding hydrogens is 307 g/mol. The third kappa shape index (κ3) is 3.49. The Morgan fingerprint density at radius 2 is 2.40 bits per heavy atom. The SMILES string of the molecule is CCn1cc(I)cc1C(=O)NCCOC. The van der Waals surface area contributed by atoms with Crippen molar-refractivity contribution in [1.29, 1.82) is 0 Å². The van der Waals surface area contributed by atoms with Crippen LogP contribution in [0.25, 0.3) is 0 Å². The van der Waals surface area contributed by atoms with E-state index in [4.69, 9.17) is 4.74 Å². The molecule has 0 unspecified atom stereocenters. The van der Waals surface area contributed by atoms with Crippen LogP contribution < -0.4 is 5.32 Å². The molecule has 0 saturated heterocycles. The van der Waals surface area contributed by atoms with Crippen molar-refractivity contribution in [2.24, 2.45) is 0 Å². The van der Waals surface area contributed by atoms with Crippen LogP contribution in [0.4, 0.5) is 0 Å². The summed E-state index contributed by atoms with van der Waals surface area (Å²) in [4.78, 5) is 11.7. The Morgan fingerprint density at radius 1 is 1.67 bits per heavy atom. The fourth-order valence-corrected chi connectivity index (χ4v) is 1.92. The Hall–Kier alpha value is -0.560. The molecule has 0 saturated carbocycles. The maximum absolute atomic E-state index is 11.7. The van der Waals surface area contributed by atoms with E-state index in [9.17, 15) is 4.79 Å². The van der Waals surface area contributed by atoms with Gasteiger partial charge in [-0.1, -0.05) is 0 Å². The highest BCUT2D eigenvalue weighted by Crippen LogP contribution is 2.10. The lowest BCUT2D eigenvalue weighted by Crippen LogP contribution is -2.28. The van der Waals surface area contributed by atoms with E-state index in [2.05, 4.69) is 27.9 Å². The topological polar surface area (TPSA) is 43.3 Å². The van der Waals surface area contributed by atoms with Gasteiger partial charge in [0.15, 0.2) is 0 Å². The smallest absolute Gasteiger partial charge is 0.268 e. The molecule has 1 amide bonds. The van der Waals surface area contributed by atoms with Crippen LogP contribution >= 0.6 is 22.6 Å². The van der Waals surface area contributed by atoms with Crippen LogP contribution in [0.5, 0.6) is 0 Å². The maximum Gasteiger partial charge on any atom is 0.268 e. The average molecular weight is 322 g/mol. The molecule has 15 heavy (non-hydrogen) atoms. The zero-order chi connectivity index (χ0) is 11.3. The predicted molar refractivity (Wildman–Crippen MR) is 67.0 cm³/mol. The first-order valence-electron chi connectivity index (χ1n) is 4.81. The normalized spacial score (nSPS) is 10.3. The second-order valence-electron chi connectivity index (χ2n) is 3.08. The van der Waals surface area contributed by atoms with Gasteiger partial charge in [0.2, 0.25) is 0 Å². The molecule has 1 aromatic rings. The zero-order valence-electron chi connectivity index (χ0n) is 8.92. The lowest BCUT2D eigenvalue weighted by Gasteiger charge is -2.06. The molecule has 0 fully saturated rings. The highest BCUT2D eigenvalue weighted by Gasteiger charge is 2.10. The van der Waals surface area contributed by atoms with E-state index in [1.807, 2.05) is 23.8 Å². The highest BCUT2D eigenvalue weighted by atomic mass is 127. The number of halogens is 1. The first-order chi connectivity index (χ1) is 7.19. The van der Waals surface area contributed by atoms with Gasteiger partial charge >= 0.3 is 0 Å². The van der Waals surface area contributed by atoms with Gasteiger partial charge < -0.3 is 14.6 Å². The van der Waals surface area contributed by atoms with Crippen molar-refractivity contribution in [3.63, 3.8) is 0 Å². The molecule has 84 valence electrons. The maximum atomic E-state index is 11.7.